The third kappa shape index (κ3) is 6.99. The van der Waals surface area contributed by atoms with Crippen LogP contribution >= 0.6 is 35.7 Å². The van der Waals surface area contributed by atoms with E-state index in [9.17, 15) is 4.79 Å². The molecule has 2 nitrogen and oxygen atoms in total. The summed E-state index contributed by atoms with van der Waals surface area (Å²) >= 11 is 8.12. The van der Waals surface area contributed by atoms with Gasteiger partial charge in [-0.2, -0.15) is 0 Å². The van der Waals surface area contributed by atoms with Crippen molar-refractivity contribution < 1.29 is 4.79 Å². The molecule has 0 unspecified atom stereocenters. The standard InChI is InChI=1S/C14H19NOS3/c1-15(2)14(16)19-10-4-3-9-18-13-7-5-12(11-17)6-8-13/h5-8,11H,3-4,9-10H2,1-2H3. The summed E-state index contributed by atoms with van der Waals surface area (Å²) in [5.41, 5.74) is 1.08. The van der Waals surface area contributed by atoms with E-state index >= 15 is 0 Å². The predicted molar refractivity (Wildman–Crippen MR) is 90.7 cm³/mol. The summed E-state index contributed by atoms with van der Waals surface area (Å²) in [6.45, 7) is 0. The molecule has 0 atom stereocenters. The first-order valence-corrected chi connectivity index (χ1v) is 8.60. The van der Waals surface area contributed by atoms with Gasteiger partial charge in [-0.1, -0.05) is 36.1 Å². The van der Waals surface area contributed by atoms with E-state index in [1.165, 1.54) is 16.7 Å². The van der Waals surface area contributed by atoms with Crippen LogP contribution in [0.1, 0.15) is 18.4 Å². The van der Waals surface area contributed by atoms with Gasteiger partial charge in [-0.3, -0.25) is 4.79 Å². The Morgan fingerprint density at radius 3 is 2.42 bits per heavy atom. The minimum absolute atomic E-state index is 0.142. The second-order valence-corrected chi connectivity index (χ2v) is 6.70. The van der Waals surface area contributed by atoms with E-state index in [-0.39, 0.29) is 5.24 Å². The van der Waals surface area contributed by atoms with Crippen LogP contribution in [0.5, 0.6) is 0 Å². The molecule has 0 spiro atoms. The van der Waals surface area contributed by atoms with Gasteiger partial charge >= 0.3 is 0 Å². The van der Waals surface area contributed by atoms with E-state index in [1.54, 1.807) is 24.4 Å². The smallest absolute Gasteiger partial charge is 0.281 e. The van der Waals surface area contributed by atoms with E-state index in [1.807, 2.05) is 23.9 Å². The molecule has 5 heteroatoms. The van der Waals surface area contributed by atoms with Gasteiger partial charge in [0.1, 0.15) is 0 Å². The third-order valence-corrected chi connectivity index (χ3v) is 4.89. The first kappa shape index (κ1) is 16.5. The monoisotopic (exact) mass is 313 g/mol. The van der Waals surface area contributed by atoms with E-state index in [4.69, 9.17) is 12.2 Å². The number of thioether (sulfide) groups is 2. The van der Waals surface area contributed by atoms with Crippen molar-refractivity contribution in [2.24, 2.45) is 0 Å². The molecular formula is C14H19NOS3. The maximum Gasteiger partial charge on any atom is 0.281 e. The zero-order valence-corrected chi connectivity index (χ0v) is 13.7. The summed E-state index contributed by atoms with van der Waals surface area (Å²) in [6, 6.07) is 8.29. The van der Waals surface area contributed by atoms with Crippen LogP contribution in [-0.4, -0.2) is 41.1 Å². The lowest BCUT2D eigenvalue weighted by atomic mass is 10.2. The van der Waals surface area contributed by atoms with Crippen LogP contribution in [0.15, 0.2) is 29.2 Å². The summed E-state index contributed by atoms with van der Waals surface area (Å²) in [7, 11) is 3.57. The fourth-order valence-corrected chi connectivity index (χ4v) is 3.18. The number of hydrogen-bond acceptors (Lipinski definition) is 4. The van der Waals surface area contributed by atoms with E-state index in [2.05, 4.69) is 12.1 Å². The van der Waals surface area contributed by atoms with Gasteiger partial charge in [0.2, 0.25) is 0 Å². The van der Waals surface area contributed by atoms with Crippen molar-refractivity contribution in [2.45, 2.75) is 17.7 Å². The van der Waals surface area contributed by atoms with Crippen LogP contribution in [0.3, 0.4) is 0 Å². The van der Waals surface area contributed by atoms with Crippen LogP contribution in [0.2, 0.25) is 0 Å². The normalized spacial score (nSPS) is 10.2. The molecule has 0 bridgehead atoms. The van der Waals surface area contributed by atoms with Crippen molar-refractivity contribution in [3.63, 3.8) is 0 Å². The van der Waals surface area contributed by atoms with Crippen LogP contribution in [-0.2, 0) is 0 Å². The molecular weight excluding hydrogens is 294 g/mol. The molecule has 19 heavy (non-hydrogen) atoms. The Labute approximate surface area is 129 Å². The second kappa shape index (κ2) is 9.39. The fraction of sp³-hybridized carbons (Fsp3) is 0.429. The van der Waals surface area contributed by atoms with Crippen LogP contribution in [0.25, 0.3) is 0 Å². The van der Waals surface area contributed by atoms with Crippen molar-refractivity contribution in [2.75, 3.05) is 25.6 Å². The number of carbonyl (C=O) groups excluding carboxylic acids is 1. The highest BCUT2D eigenvalue weighted by Gasteiger charge is 2.03. The molecule has 0 saturated carbocycles. The van der Waals surface area contributed by atoms with E-state index in [0.29, 0.717) is 0 Å². The molecule has 1 amide bonds. The molecule has 0 fully saturated rings. The van der Waals surface area contributed by atoms with Crippen LogP contribution in [0, 0.1) is 0 Å². The number of carbonyl (C=O) groups is 1. The lowest BCUT2D eigenvalue weighted by Gasteiger charge is -2.08. The zero-order valence-electron chi connectivity index (χ0n) is 11.3. The number of thiocarbonyl (C=S) groups is 1. The number of hydrogen-bond donors (Lipinski definition) is 0. The Hall–Kier alpha value is -0.520. The Morgan fingerprint density at radius 2 is 1.84 bits per heavy atom. The van der Waals surface area contributed by atoms with Crippen molar-refractivity contribution in [3.05, 3.63) is 29.8 Å². The van der Waals surface area contributed by atoms with Gasteiger partial charge in [0, 0.05) is 30.1 Å². The topological polar surface area (TPSA) is 20.3 Å². The summed E-state index contributed by atoms with van der Waals surface area (Å²) < 4.78 is 0. The van der Waals surface area contributed by atoms with E-state index in [0.717, 1.165) is 29.9 Å². The highest BCUT2D eigenvalue weighted by atomic mass is 32.2. The molecule has 0 radical (unpaired) electrons. The first-order valence-electron chi connectivity index (χ1n) is 6.15. The number of amides is 1. The Kier molecular flexibility index (Phi) is 8.18. The van der Waals surface area contributed by atoms with Crippen molar-refractivity contribution in [3.8, 4) is 0 Å². The van der Waals surface area contributed by atoms with Crippen molar-refractivity contribution in [1.29, 1.82) is 0 Å². The number of rotatable bonds is 7. The zero-order chi connectivity index (χ0) is 14.1. The van der Waals surface area contributed by atoms with Gasteiger partial charge in [0.25, 0.3) is 5.24 Å². The largest absolute Gasteiger partial charge is 0.340 e. The third-order valence-electron chi connectivity index (χ3n) is 2.41. The molecule has 0 heterocycles. The summed E-state index contributed by atoms with van der Waals surface area (Å²) in [5, 5.41) is 1.83. The molecule has 1 rings (SSSR count). The van der Waals surface area contributed by atoms with Crippen LogP contribution < -0.4 is 0 Å². The highest BCUT2D eigenvalue weighted by Crippen LogP contribution is 2.20. The molecule has 104 valence electrons. The Balaban J connectivity index is 2.10. The van der Waals surface area contributed by atoms with Gasteiger partial charge in [0.05, 0.1) is 0 Å². The molecule has 1 aromatic carbocycles. The van der Waals surface area contributed by atoms with Gasteiger partial charge in [0.15, 0.2) is 0 Å². The SMILES string of the molecule is CN(C)C(=O)SCCCCSc1ccc(C=S)cc1. The molecule has 0 N–H and O–H groups in total. The first-order chi connectivity index (χ1) is 9.13. The Bertz CT molecular complexity index is 404. The second-order valence-electron chi connectivity index (χ2n) is 4.25. The predicted octanol–water partition coefficient (Wildman–Crippen LogP) is 4.32. The highest BCUT2D eigenvalue weighted by molar-refractivity contribution is 8.13. The number of benzene rings is 1. The maximum atomic E-state index is 11.3. The molecule has 0 saturated heterocycles. The average Bonchev–Trinajstić information content (AvgIpc) is 2.42. The number of nitrogens with zero attached hydrogens (tertiary/aromatic N) is 1. The minimum atomic E-state index is 0.142. The lowest BCUT2D eigenvalue weighted by Crippen LogP contribution is -2.16. The maximum absolute atomic E-state index is 11.3. The molecule has 0 aromatic heterocycles. The average molecular weight is 314 g/mol. The van der Waals surface area contributed by atoms with E-state index < -0.39 is 0 Å². The number of unbranched alkanes of at least 4 members (excludes halogenated alkanes) is 1. The van der Waals surface area contributed by atoms with Crippen LogP contribution in [0.4, 0.5) is 4.79 Å². The van der Waals surface area contributed by atoms with Crippen molar-refractivity contribution in [1.82, 2.24) is 4.90 Å². The van der Waals surface area contributed by atoms with Gasteiger partial charge in [-0.15, -0.1) is 11.8 Å². The minimum Gasteiger partial charge on any atom is -0.340 e. The lowest BCUT2D eigenvalue weighted by molar-refractivity contribution is 0.241. The summed E-state index contributed by atoms with van der Waals surface area (Å²) in [4.78, 5) is 14.2. The van der Waals surface area contributed by atoms with Gasteiger partial charge in [-0.05, 0) is 36.3 Å². The fourth-order valence-electron chi connectivity index (χ4n) is 1.33. The molecule has 1 aromatic rings. The Morgan fingerprint density at radius 1 is 1.21 bits per heavy atom. The summed E-state index contributed by atoms with van der Waals surface area (Å²) in [6.07, 6.45) is 2.21. The van der Waals surface area contributed by atoms with Crippen molar-refractivity contribution >= 4 is 46.3 Å². The molecule has 0 aliphatic heterocycles. The van der Waals surface area contributed by atoms with Gasteiger partial charge in [-0.25, -0.2) is 0 Å². The summed E-state index contributed by atoms with van der Waals surface area (Å²) in [5.74, 6) is 2.00. The van der Waals surface area contributed by atoms with Gasteiger partial charge < -0.3 is 4.90 Å². The molecule has 0 aliphatic rings. The quantitative estimate of drug-likeness (QED) is 0.424. The molecule has 0 aliphatic carbocycles.